The highest BCUT2D eigenvalue weighted by Crippen LogP contribution is 2.25. The fourth-order valence-corrected chi connectivity index (χ4v) is 4.56. The molecular weight excluding hydrogens is 618 g/mol. The number of thiophene rings is 2. The van der Waals surface area contributed by atoms with Gasteiger partial charge in [-0.3, -0.25) is 29.8 Å². The highest BCUT2D eigenvalue weighted by atomic mass is 79.9. The summed E-state index contributed by atoms with van der Waals surface area (Å²) in [5, 5.41) is 23.9. The van der Waals surface area contributed by atoms with E-state index in [0.29, 0.717) is 16.7 Å². The summed E-state index contributed by atoms with van der Waals surface area (Å²) >= 11 is 5.11. The normalized spacial score (nSPS) is 10.8. The van der Waals surface area contributed by atoms with Gasteiger partial charge in [0.15, 0.2) is 11.6 Å². The van der Waals surface area contributed by atoms with Crippen LogP contribution in [0, 0.1) is 31.9 Å². The monoisotopic (exact) mass is 632 g/mol. The topological polar surface area (TPSA) is 120 Å². The van der Waals surface area contributed by atoms with E-state index in [2.05, 4.69) is 15.9 Å². The molecule has 4 rings (SSSR count). The largest absolute Gasteiger partial charge is 0.324 e. The zero-order valence-electron chi connectivity index (χ0n) is 19.5. The first kappa shape index (κ1) is 29.4. The molecule has 198 valence electrons. The number of allylic oxidation sites excluding steroid dienone is 2. The maximum atomic E-state index is 13.0. The second kappa shape index (κ2) is 13.6. The predicted octanol–water partition coefficient (Wildman–Crippen LogP) is 8.15. The minimum absolute atomic E-state index is 0.0109. The molecule has 0 amide bonds. The molecule has 0 saturated heterocycles. The van der Waals surface area contributed by atoms with Crippen LogP contribution in [-0.2, 0) is 0 Å². The van der Waals surface area contributed by atoms with Gasteiger partial charge in [0.2, 0.25) is 0 Å². The molecule has 13 heteroatoms. The summed E-state index contributed by atoms with van der Waals surface area (Å²) in [4.78, 5) is 43.5. The second-order valence-corrected chi connectivity index (χ2v) is 10.2. The lowest BCUT2D eigenvalue weighted by Crippen LogP contribution is -1.93. The molecule has 0 radical (unpaired) electrons. The minimum Gasteiger partial charge on any atom is -0.289 e. The van der Waals surface area contributed by atoms with E-state index in [1.54, 1.807) is 29.6 Å². The Morgan fingerprint density at radius 3 is 1.77 bits per heavy atom. The Morgan fingerprint density at radius 2 is 1.23 bits per heavy atom. The van der Waals surface area contributed by atoms with Gasteiger partial charge < -0.3 is 0 Å². The first-order chi connectivity index (χ1) is 18.5. The molecule has 2 heterocycles. The molecule has 39 heavy (non-hydrogen) atoms. The van der Waals surface area contributed by atoms with E-state index in [-0.39, 0.29) is 27.1 Å². The number of halogens is 3. The van der Waals surface area contributed by atoms with E-state index in [4.69, 9.17) is 0 Å². The van der Waals surface area contributed by atoms with E-state index < -0.39 is 21.5 Å². The van der Waals surface area contributed by atoms with Crippen molar-refractivity contribution in [2.75, 3.05) is 0 Å². The Morgan fingerprint density at radius 1 is 0.718 bits per heavy atom. The Kier molecular flexibility index (Phi) is 10.2. The lowest BCUT2D eigenvalue weighted by molar-refractivity contribution is -0.380. The van der Waals surface area contributed by atoms with Crippen molar-refractivity contribution in [2.45, 2.75) is 0 Å². The van der Waals surface area contributed by atoms with Gasteiger partial charge in [-0.2, -0.15) is 0 Å². The minimum atomic E-state index is -0.671. The summed E-state index contributed by atoms with van der Waals surface area (Å²) in [6.45, 7) is 0. The third-order valence-electron chi connectivity index (χ3n) is 4.70. The van der Waals surface area contributed by atoms with Gasteiger partial charge in [-0.25, -0.2) is 8.78 Å². The number of carbonyl (C=O) groups is 2. The molecular formula is C26H15BrF2N2O6S2. The molecule has 2 aromatic heterocycles. The van der Waals surface area contributed by atoms with Crippen molar-refractivity contribution in [1.82, 2.24) is 0 Å². The van der Waals surface area contributed by atoms with Gasteiger partial charge in [0.25, 0.3) is 0 Å². The number of hydrogen-bond donors (Lipinski definition) is 0. The van der Waals surface area contributed by atoms with Gasteiger partial charge in [0.05, 0.1) is 9.85 Å². The van der Waals surface area contributed by atoms with Crippen molar-refractivity contribution < 1.29 is 28.2 Å². The molecule has 0 N–H and O–H groups in total. The van der Waals surface area contributed by atoms with Crippen molar-refractivity contribution in [2.24, 2.45) is 0 Å². The van der Waals surface area contributed by atoms with Gasteiger partial charge in [-0.05, 0) is 65.8 Å². The van der Waals surface area contributed by atoms with Crippen molar-refractivity contribution in [3.05, 3.63) is 136 Å². The van der Waals surface area contributed by atoms with Gasteiger partial charge in [-0.15, -0.1) is 0 Å². The lowest BCUT2D eigenvalue weighted by Gasteiger charge is -1.97. The Balaban J connectivity index is 0.000000216. The molecule has 0 fully saturated rings. The van der Waals surface area contributed by atoms with Gasteiger partial charge in [0.1, 0.15) is 11.6 Å². The molecule has 2 aromatic carbocycles. The summed E-state index contributed by atoms with van der Waals surface area (Å²) in [6, 6.07) is 12.5. The molecule has 4 aromatic rings. The maximum absolute atomic E-state index is 13.0. The number of carbonyl (C=O) groups excluding carboxylic acids is 2. The average Bonchev–Trinajstić information content (AvgIpc) is 3.57. The van der Waals surface area contributed by atoms with Gasteiger partial charge >= 0.3 is 10.0 Å². The number of nitrogens with zero attached hydrogens (tertiary/aromatic N) is 2. The van der Waals surface area contributed by atoms with Crippen LogP contribution in [0.5, 0.6) is 0 Å². The Labute approximate surface area is 236 Å². The molecule has 0 spiro atoms. The predicted molar refractivity (Wildman–Crippen MR) is 149 cm³/mol. The van der Waals surface area contributed by atoms with E-state index in [1.807, 2.05) is 0 Å². The van der Waals surface area contributed by atoms with Crippen molar-refractivity contribution in [1.29, 1.82) is 0 Å². The highest BCUT2D eigenvalue weighted by molar-refractivity contribution is 9.10. The van der Waals surface area contributed by atoms with Crippen molar-refractivity contribution in [3.8, 4) is 0 Å². The van der Waals surface area contributed by atoms with Crippen LogP contribution in [0.25, 0.3) is 12.2 Å². The van der Waals surface area contributed by atoms with Crippen molar-refractivity contribution >= 4 is 72.3 Å². The molecule has 0 saturated carbocycles. The molecule has 0 unspecified atom stereocenters. The van der Waals surface area contributed by atoms with E-state index in [0.717, 1.165) is 45.3 Å². The number of nitro groups is 2. The average molecular weight is 633 g/mol. The van der Waals surface area contributed by atoms with Gasteiger partial charge in [-0.1, -0.05) is 44.7 Å². The third-order valence-corrected chi connectivity index (χ3v) is 7.01. The fourth-order valence-electron chi connectivity index (χ4n) is 2.89. The quantitative estimate of drug-likeness (QED) is 0.0836. The summed E-state index contributed by atoms with van der Waals surface area (Å²) in [5.41, 5.74) is 1.58. The standard InChI is InChI=1S/C15H9BrF2O.C11H6N2O5S2/c16-12-4-2-11(3-5-12)15(19)6-1-10-7-13(17)9-14(18)8-10;14-9(8-4-11(13(17)18)20-6-8)2-1-7-3-10(12(15)16)19-5-7/h1-9H;1-6H. The van der Waals surface area contributed by atoms with E-state index in [9.17, 15) is 38.6 Å². The fraction of sp³-hybridized carbons (Fsp3) is 0. The maximum Gasteiger partial charge on any atom is 0.324 e. The second-order valence-electron chi connectivity index (χ2n) is 7.51. The summed E-state index contributed by atoms with van der Waals surface area (Å²) in [5.74, 6) is -1.95. The van der Waals surface area contributed by atoms with Crippen LogP contribution in [0.1, 0.15) is 31.8 Å². The zero-order chi connectivity index (χ0) is 28.5. The number of ketones is 2. The Hall–Kier alpha value is -4.20. The number of rotatable bonds is 8. The first-order valence-corrected chi connectivity index (χ1v) is 13.2. The Bertz CT molecular complexity index is 1580. The smallest absolute Gasteiger partial charge is 0.289 e. The van der Waals surface area contributed by atoms with E-state index in [1.165, 1.54) is 41.8 Å². The molecule has 8 nitrogen and oxygen atoms in total. The molecule has 0 bridgehead atoms. The molecule has 0 aliphatic heterocycles. The SMILES string of the molecule is O=C(C=Cc1cc(F)cc(F)c1)c1ccc(Br)cc1.O=C(C=Cc1csc([N+](=O)[O-])c1)c1csc([N+](=O)[O-])c1. The first-order valence-electron chi connectivity index (χ1n) is 10.6. The van der Waals surface area contributed by atoms with Crippen LogP contribution in [0.15, 0.2) is 82.0 Å². The van der Waals surface area contributed by atoms with Crippen LogP contribution in [0.4, 0.5) is 18.8 Å². The van der Waals surface area contributed by atoms with E-state index >= 15 is 0 Å². The number of hydrogen-bond acceptors (Lipinski definition) is 8. The van der Waals surface area contributed by atoms with Crippen LogP contribution in [0.2, 0.25) is 0 Å². The summed E-state index contributed by atoms with van der Waals surface area (Å²) < 4.78 is 26.8. The van der Waals surface area contributed by atoms with Crippen molar-refractivity contribution in [3.63, 3.8) is 0 Å². The van der Waals surface area contributed by atoms with Gasteiger partial charge in [0, 0.05) is 44.6 Å². The molecule has 0 atom stereocenters. The summed E-state index contributed by atoms with van der Waals surface area (Å²) in [6.07, 6.45) is 5.35. The molecule has 0 aliphatic carbocycles. The zero-order valence-corrected chi connectivity index (χ0v) is 22.7. The lowest BCUT2D eigenvalue weighted by atomic mass is 10.1. The molecule has 0 aliphatic rings. The van der Waals surface area contributed by atoms with Crippen LogP contribution in [-0.4, -0.2) is 21.4 Å². The summed E-state index contributed by atoms with van der Waals surface area (Å²) in [7, 11) is 0. The van der Waals surface area contributed by atoms with Crippen LogP contribution < -0.4 is 0 Å². The third kappa shape index (κ3) is 8.95. The highest BCUT2D eigenvalue weighted by Gasteiger charge is 2.13. The number of benzene rings is 2. The van der Waals surface area contributed by atoms with Crippen LogP contribution >= 0.6 is 38.6 Å². The van der Waals surface area contributed by atoms with Crippen LogP contribution in [0.3, 0.4) is 0 Å².